The maximum atomic E-state index is 11.5. The lowest BCUT2D eigenvalue weighted by molar-refractivity contribution is -0.157. The van der Waals surface area contributed by atoms with E-state index in [0.29, 0.717) is 19.4 Å². The lowest BCUT2D eigenvalue weighted by atomic mass is 10.1. The Bertz CT molecular complexity index is 302. The molecule has 1 rings (SSSR count). The predicted octanol–water partition coefficient (Wildman–Crippen LogP) is 1.23. The number of ether oxygens (including phenoxy) is 3. The molecule has 1 aliphatic heterocycles. The molecule has 1 N–H and O–H groups in total. The van der Waals surface area contributed by atoms with Crippen molar-refractivity contribution in [1.29, 1.82) is 0 Å². The molecule has 0 saturated carbocycles. The Morgan fingerprint density at radius 3 is 2.39 bits per heavy atom. The van der Waals surface area contributed by atoms with E-state index >= 15 is 0 Å². The SMILES string of the molecule is COC(=O)[C@@H]1CC[C@@H](NC(=O)OC(C)(C)C)CO1. The molecule has 104 valence electrons. The first-order chi connectivity index (χ1) is 8.31. The van der Waals surface area contributed by atoms with Crippen LogP contribution in [0.1, 0.15) is 33.6 Å². The van der Waals surface area contributed by atoms with Gasteiger partial charge in [0.15, 0.2) is 6.10 Å². The average molecular weight is 259 g/mol. The Morgan fingerprint density at radius 1 is 1.28 bits per heavy atom. The molecule has 0 aromatic heterocycles. The Labute approximate surface area is 107 Å². The summed E-state index contributed by atoms with van der Waals surface area (Å²) in [6.07, 6.45) is 0.214. The van der Waals surface area contributed by atoms with Crippen molar-refractivity contribution in [2.75, 3.05) is 13.7 Å². The summed E-state index contributed by atoms with van der Waals surface area (Å²) in [5, 5.41) is 2.71. The van der Waals surface area contributed by atoms with Crippen LogP contribution >= 0.6 is 0 Å². The van der Waals surface area contributed by atoms with Gasteiger partial charge in [-0.2, -0.15) is 0 Å². The highest BCUT2D eigenvalue weighted by Gasteiger charge is 2.29. The van der Waals surface area contributed by atoms with E-state index in [9.17, 15) is 9.59 Å². The van der Waals surface area contributed by atoms with Gasteiger partial charge in [-0.05, 0) is 33.6 Å². The maximum absolute atomic E-state index is 11.5. The third kappa shape index (κ3) is 4.91. The number of rotatable bonds is 2. The molecule has 1 amide bonds. The van der Waals surface area contributed by atoms with Crippen molar-refractivity contribution in [3.8, 4) is 0 Å². The number of hydrogen-bond acceptors (Lipinski definition) is 5. The summed E-state index contributed by atoms with van der Waals surface area (Å²) in [5.41, 5.74) is -0.520. The van der Waals surface area contributed by atoms with Crippen molar-refractivity contribution in [2.45, 2.75) is 51.4 Å². The largest absolute Gasteiger partial charge is 0.467 e. The molecule has 0 spiro atoms. The smallest absolute Gasteiger partial charge is 0.407 e. The minimum Gasteiger partial charge on any atom is -0.467 e. The summed E-state index contributed by atoms with van der Waals surface area (Å²) in [6, 6.07) is -0.124. The van der Waals surface area contributed by atoms with Crippen molar-refractivity contribution in [3.05, 3.63) is 0 Å². The number of hydrogen-bond donors (Lipinski definition) is 1. The highest BCUT2D eigenvalue weighted by Crippen LogP contribution is 2.15. The fourth-order valence-corrected chi connectivity index (χ4v) is 1.66. The van der Waals surface area contributed by atoms with Crippen molar-refractivity contribution in [1.82, 2.24) is 5.32 Å². The topological polar surface area (TPSA) is 73.9 Å². The summed E-state index contributed by atoms with van der Waals surface area (Å²) in [5.74, 6) is -0.370. The van der Waals surface area contributed by atoms with Crippen LogP contribution in [0.5, 0.6) is 0 Å². The van der Waals surface area contributed by atoms with Crippen LogP contribution in [0.3, 0.4) is 0 Å². The van der Waals surface area contributed by atoms with Crippen LogP contribution in [-0.2, 0) is 19.0 Å². The third-order valence-corrected chi connectivity index (χ3v) is 2.46. The number of amides is 1. The van der Waals surface area contributed by atoms with E-state index in [1.807, 2.05) is 0 Å². The summed E-state index contributed by atoms with van der Waals surface area (Å²) in [4.78, 5) is 22.7. The molecular formula is C12H21NO5. The fourth-order valence-electron chi connectivity index (χ4n) is 1.66. The average Bonchev–Trinajstić information content (AvgIpc) is 2.26. The van der Waals surface area contributed by atoms with Gasteiger partial charge in [0.1, 0.15) is 5.60 Å². The number of nitrogens with one attached hydrogen (secondary N) is 1. The molecule has 1 heterocycles. The van der Waals surface area contributed by atoms with Crippen molar-refractivity contribution >= 4 is 12.1 Å². The number of esters is 1. The van der Waals surface area contributed by atoms with Gasteiger partial charge in [0.25, 0.3) is 0 Å². The monoisotopic (exact) mass is 259 g/mol. The number of carbonyl (C=O) groups is 2. The molecular weight excluding hydrogens is 238 g/mol. The van der Waals surface area contributed by atoms with Crippen LogP contribution in [0.2, 0.25) is 0 Å². The van der Waals surface area contributed by atoms with Gasteiger partial charge in [-0.25, -0.2) is 9.59 Å². The molecule has 0 aromatic carbocycles. The van der Waals surface area contributed by atoms with Crippen molar-refractivity contribution in [2.24, 2.45) is 0 Å². The fraction of sp³-hybridized carbons (Fsp3) is 0.833. The van der Waals surface area contributed by atoms with E-state index in [1.54, 1.807) is 20.8 Å². The quantitative estimate of drug-likeness (QED) is 0.755. The molecule has 18 heavy (non-hydrogen) atoms. The van der Waals surface area contributed by atoms with E-state index in [-0.39, 0.29) is 12.0 Å². The second-order valence-corrected chi connectivity index (χ2v) is 5.27. The van der Waals surface area contributed by atoms with Crippen LogP contribution in [0.25, 0.3) is 0 Å². The van der Waals surface area contributed by atoms with E-state index < -0.39 is 17.8 Å². The molecule has 1 aliphatic rings. The lowest BCUT2D eigenvalue weighted by Crippen LogP contribution is -2.46. The Hall–Kier alpha value is -1.30. The Balaban J connectivity index is 2.31. The second-order valence-electron chi connectivity index (χ2n) is 5.27. The van der Waals surface area contributed by atoms with Gasteiger partial charge in [-0.3, -0.25) is 0 Å². The molecule has 1 fully saturated rings. The molecule has 0 aliphatic carbocycles. The minimum atomic E-state index is -0.522. The first-order valence-electron chi connectivity index (χ1n) is 6.01. The molecule has 0 unspecified atom stereocenters. The molecule has 0 bridgehead atoms. The first-order valence-corrected chi connectivity index (χ1v) is 6.01. The highest BCUT2D eigenvalue weighted by molar-refractivity contribution is 5.74. The van der Waals surface area contributed by atoms with Crippen LogP contribution in [0.15, 0.2) is 0 Å². The summed E-state index contributed by atoms with van der Waals surface area (Å²) in [7, 11) is 1.33. The van der Waals surface area contributed by atoms with Gasteiger partial charge in [0.2, 0.25) is 0 Å². The van der Waals surface area contributed by atoms with Gasteiger partial charge in [-0.15, -0.1) is 0 Å². The van der Waals surface area contributed by atoms with E-state index in [2.05, 4.69) is 10.1 Å². The van der Waals surface area contributed by atoms with E-state index in [4.69, 9.17) is 9.47 Å². The standard InChI is InChI=1S/C12H21NO5/c1-12(2,3)18-11(15)13-8-5-6-9(17-7-8)10(14)16-4/h8-9H,5-7H2,1-4H3,(H,13,15)/t8-,9+/m1/s1. The zero-order valence-corrected chi connectivity index (χ0v) is 11.3. The molecule has 0 radical (unpaired) electrons. The zero-order valence-electron chi connectivity index (χ0n) is 11.3. The van der Waals surface area contributed by atoms with Crippen molar-refractivity contribution in [3.63, 3.8) is 0 Å². The van der Waals surface area contributed by atoms with Gasteiger partial charge in [0, 0.05) is 0 Å². The molecule has 2 atom stereocenters. The van der Waals surface area contributed by atoms with Gasteiger partial charge in [-0.1, -0.05) is 0 Å². The van der Waals surface area contributed by atoms with E-state index in [0.717, 1.165) is 0 Å². The maximum Gasteiger partial charge on any atom is 0.407 e. The predicted molar refractivity (Wildman–Crippen MR) is 64.1 cm³/mol. The third-order valence-electron chi connectivity index (χ3n) is 2.46. The number of carbonyl (C=O) groups excluding carboxylic acids is 2. The zero-order chi connectivity index (χ0) is 13.8. The molecule has 6 heteroatoms. The summed E-state index contributed by atoms with van der Waals surface area (Å²) in [6.45, 7) is 5.70. The second kappa shape index (κ2) is 6.04. The van der Waals surface area contributed by atoms with Gasteiger partial charge in [0.05, 0.1) is 19.8 Å². The molecule has 1 saturated heterocycles. The van der Waals surface area contributed by atoms with Crippen LogP contribution in [0, 0.1) is 0 Å². The van der Waals surface area contributed by atoms with Crippen LogP contribution in [-0.4, -0.2) is 43.5 Å². The Morgan fingerprint density at radius 2 is 1.94 bits per heavy atom. The normalized spacial score (nSPS) is 24.2. The van der Waals surface area contributed by atoms with Gasteiger partial charge >= 0.3 is 12.1 Å². The minimum absolute atomic E-state index is 0.124. The lowest BCUT2D eigenvalue weighted by Gasteiger charge is -2.29. The van der Waals surface area contributed by atoms with Crippen LogP contribution < -0.4 is 5.32 Å². The first kappa shape index (κ1) is 14.8. The summed E-state index contributed by atoms with van der Waals surface area (Å²) >= 11 is 0. The van der Waals surface area contributed by atoms with Crippen molar-refractivity contribution < 1.29 is 23.8 Å². The highest BCUT2D eigenvalue weighted by atomic mass is 16.6. The van der Waals surface area contributed by atoms with Gasteiger partial charge < -0.3 is 19.5 Å². The van der Waals surface area contributed by atoms with Crippen LogP contribution in [0.4, 0.5) is 4.79 Å². The molecule has 6 nitrogen and oxygen atoms in total. The number of methoxy groups -OCH3 is 1. The number of alkyl carbamates (subject to hydrolysis) is 1. The molecule has 0 aromatic rings. The summed E-state index contributed by atoms with van der Waals surface area (Å²) < 4.78 is 15.1. The Kier molecular flexibility index (Phi) is 4.95. The van der Waals surface area contributed by atoms with E-state index in [1.165, 1.54) is 7.11 Å².